The van der Waals surface area contributed by atoms with Gasteiger partial charge >= 0.3 is 5.97 Å². The Hall–Kier alpha value is -2.94. The van der Waals surface area contributed by atoms with Crippen LogP contribution in [0.5, 0.6) is 0 Å². The molecule has 0 unspecified atom stereocenters. The number of nitro benzene ring substituents is 1. The van der Waals surface area contributed by atoms with Crippen molar-refractivity contribution in [1.82, 2.24) is 0 Å². The first-order chi connectivity index (χ1) is 12.2. The molecule has 138 valence electrons. The Kier molecular flexibility index (Phi) is 5.93. The van der Waals surface area contributed by atoms with Crippen LogP contribution < -0.4 is 4.72 Å². The van der Waals surface area contributed by atoms with Gasteiger partial charge in [-0.2, -0.15) is 0 Å². The summed E-state index contributed by atoms with van der Waals surface area (Å²) in [5, 5.41) is 10.8. The van der Waals surface area contributed by atoms with E-state index in [0.717, 1.165) is 6.07 Å². The number of nitrogens with one attached hydrogen (secondary N) is 1. The number of carbonyl (C=O) groups is 1. The van der Waals surface area contributed by atoms with E-state index >= 15 is 0 Å². The molecule has 0 saturated heterocycles. The van der Waals surface area contributed by atoms with Gasteiger partial charge < -0.3 is 4.74 Å². The quantitative estimate of drug-likeness (QED) is 0.449. The number of rotatable bonds is 7. The molecule has 9 heteroatoms. The smallest absolute Gasteiger partial charge is 0.338 e. The van der Waals surface area contributed by atoms with Crippen LogP contribution in [0.3, 0.4) is 0 Å². The van der Waals surface area contributed by atoms with Crippen molar-refractivity contribution >= 4 is 27.4 Å². The van der Waals surface area contributed by atoms with Crippen molar-refractivity contribution < 1.29 is 22.9 Å². The van der Waals surface area contributed by atoms with Gasteiger partial charge in [0.05, 0.1) is 22.0 Å². The summed E-state index contributed by atoms with van der Waals surface area (Å²) in [5.41, 5.74) is 0.192. The maximum Gasteiger partial charge on any atom is 0.338 e. The Balaban J connectivity index is 2.14. The van der Waals surface area contributed by atoms with Gasteiger partial charge in [-0.15, -0.1) is 0 Å². The Morgan fingerprint density at radius 3 is 2.42 bits per heavy atom. The fourth-order valence-corrected chi connectivity index (χ4v) is 3.08. The maximum absolute atomic E-state index is 12.3. The van der Waals surface area contributed by atoms with Crippen LogP contribution in [-0.4, -0.2) is 25.9 Å². The van der Waals surface area contributed by atoms with E-state index in [2.05, 4.69) is 4.72 Å². The van der Waals surface area contributed by atoms with Crippen LogP contribution >= 0.6 is 0 Å². The van der Waals surface area contributed by atoms with Crippen molar-refractivity contribution in [1.29, 1.82) is 0 Å². The number of benzene rings is 2. The first kappa shape index (κ1) is 19.4. The predicted molar refractivity (Wildman–Crippen MR) is 95.5 cm³/mol. The lowest BCUT2D eigenvalue weighted by atomic mass is 10.2. The standard InChI is InChI=1S/C17H18N2O6S/c1-12(2)11-25-17(20)13-6-8-14(9-7-13)18-26(23,24)16-5-3-4-15(10-16)19(21)22/h3-10,12,18H,11H2,1-2H3. The van der Waals surface area contributed by atoms with Crippen LogP contribution in [0.2, 0.25) is 0 Å². The highest BCUT2D eigenvalue weighted by atomic mass is 32.2. The molecule has 2 aromatic carbocycles. The second-order valence-electron chi connectivity index (χ2n) is 5.93. The van der Waals surface area contributed by atoms with Gasteiger partial charge in [0.2, 0.25) is 0 Å². The van der Waals surface area contributed by atoms with E-state index in [1.54, 1.807) is 0 Å². The molecule has 0 aliphatic heterocycles. The number of non-ortho nitro benzene ring substituents is 1. The zero-order valence-electron chi connectivity index (χ0n) is 14.2. The number of nitro groups is 1. The van der Waals surface area contributed by atoms with Crippen LogP contribution in [0, 0.1) is 16.0 Å². The topological polar surface area (TPSA) is 116 Å². The third-order valence-electron chi connectivity index (χ3n) is 3.26. The molecule has 1 N–H and O–H groups in total. The van der Waals surface area contributed by atoms with E-state index in [0.29, 0.717) is 12.2 Å². The zero-order chi connectivity index (χ0) is 19.3. The fourth-order valence-electron chi connectivity index (χ4n) is 1.98. The second kappa shape index (κ2) is 7.96. The Labute approximate surface area is 151 Å². The molecule has 0 radical (unpaired) electrons. The molecule has 8 nitrogen and oxygen atoms in total. The number of esters is 1. The van der Waals surface area contributed by atoms with Crippen molar-refractivity contribution in [2.24, 2.45) is 5.92 Å². The van der Waals surface area contributed by atoms with Crippen LogP contribution in [0.25, 0.3) is 0 Å². The first-order valence-electron chi connectivity index (χ1n) is 7.73. The van der Waals surface area contributed by atoms with Gasteiger partial charge in [-0.3, -0.25) is 14.8 Å². The molecule has 2 rings (SSSR count). The van der Waals surface area contributed by atoms with E-state index < -0.39 is 20.9 Å². The van der Waals surface area contributed by atoms with E-state index in [1.807, 2.05) is 13.8 Å². The van der Waals surface area contributed by atoms with E-state index in [9.17, 15) is 23.3 Å². The van der Waals surface area contributed by atoms with Crippen molar-refractivity contribution in [3.63, 3.8) is 0 Å². The molecule has 0 heterocycles. The number of ether oxygens (including phenoxy) is 1. The molecule has 0 aliphatic rings. The number of nitrogens with zero attached hydrogens (tertiary/aromatic N) is 1. The minimum atomic E-state index is -3.99. The third-order valence-corrected chi connectivity index (χ3v) is 4.64. The normalized spacial score (nSPS) is 11.2. The summed E-state index contributed by atoms with van der Waals surface area (Å²) in [6, 6.07) is 10.4. The van der Waals surface area contributed by atoms with E-state index in [4.69, 9.17) is 4.74 Å². The highest BCUT2D eigenvalue weighted by molar-refractivity contribution is 7.92. The summed E-state index contributed by atoms with van der Waals surface area (Å²) in [6.07, 6.45) is 0. The van der Waals surface area contributed by atoms with Crippen molar-refractivity contribution in [2.75, 3.05) is 11.3 Å². The molecule has 0 fully saturated rings. The molecule has 2 aromatic rings. The molecule has 0 saturated carbocycles. The van der Waals surface area contributed by atoms with Crippen molar-refractivity contribution in [3.8, 4) is 0 Å². The molecule has 0 bridgehead atoms. The zero-order valence-corrected chi connectivity index (χ0v) is 15.0. The van der Waals surface area contributed by atoms with Gasteiger partial charge in [-0.1, -0.05) is 19.9 Å². The number of hydrogen-bond donors (Lipinski definition) is 1. The van der Waals surface area contributed by atoms with Crippen molar-refractivity contribution in [3.05, 3.63) is 64.2 Å². The lowest BCUT2D eigenvalue weighted by Gasteiger charge is -2.10. The summed E-state index contributed by atoms with van der Waals surface area (Å²) >= 11 is 0. The van der Waals surface area contributed by atoms with Gasteiger partial charge in [0.15, 0.2) is 0 Å². The average molecular weight is 378 g/mol. The molecule has 0 atom stereocenters. The summed E-state index contributed by atoms with van der Waals surface area (Å²) in [6.45, 7) is 4.12. The Morgan fingerprint density at radius 1 is 1.19 bits per heavy atom. The van der Waals surface area contributed by atoms with E-state index in [-0.39, 0.29) is 22.2 Å². The maximum atomic E-state index is 12.3. The predicted octanol–water partition coefficient (Wildman–Crippen LogP) is 3.21. The van der Waals surface area contributed by atoms with Crippen LogP contribution in [-0.2, 0) is 14.8 Å². The van der Waals surface area contributed by atoms with E-state index in [1.165, 1.54) is 42.5 Å². The van der Waals surface area contributed by atoms with Crippen LogP contribution in [0.15, 0.2) is 53.4 Å². The number of anilines is 1. The number of hydrogen-bond acceptors (Lipinski definition) is 6. The Bertz CT molecular complexity index is 907. The fraction of sp³-hybridized carbons (Fsp3) is 0.235. The largest absolute Gasteiger partial charge is 0.462 e. The summed E-state index contributed by atoms with van der Waals surface area (Å²) < 4.78 is 32.1. The highest BCUT2D eigenvalue weighted by Gasteiger charge is 2.18. The van der Waals surface area contributed by atoms with Gasteiger partial charge in [-0.05, 0) is 36.2 Å². The number of carbonyl (C=O) groups excluding carboxylic acids is 1. The molecule has 26 heavy (non-hydrogen) atoms. The molecule has 0 aliphatic carbocycles. The SMILES string of the molecule is CC(C)COC(=O)c1ccc(NS(=O)(=O)c2cccc([N+](=O)[O-])c2)cc1. The lowest BCUT2D eigenvalue weighted by molar-refractivity contribution is -0.385. The van der Waals surface area contributed by atoms with Gasteiger partial charge in [0.25, 0.3) is 15.7 Å². The third kappa shape index (κ3) is 5.03. The lowest BCUT2D eigenvalue weighted by Crippen LogP contribution is -2.14. The number of sulfonamides is 1. The average Bonchev–Trinajstić information content (AvgIpc) is 2.60. The highest BCUT2D eigenvalue weighted by Crippen LogP contribution is 2.21. The van der Waals surface area contributed by atoms with Crippen LogP contribution in [0.1, 0.15) is 24.2 Å². The molecule has 0 amide bonds. The minimum Gasteiger partial charge on any atom is -0.462 e. The van der Waals surface area contributed by atoms with Gasteiger partial charge in [0.1, 0.15) is 0 Å². The molecular weight excluding hydrogens is 360 g/mol. The van der Waals surface area contributed by atoms with Crippen molar-refractivity contribution in [2.45, 2.75) is 18.7 Å². The first-order valence-corrected chi connectivity index (χ1v) is 9.22. The molecule has 0 aromatic heterocycles. The summed E-state index contributed by atoms with van der Waals surface area (Å²) in [7, 11) is -3.99. The molecular formula is C17H18N2O6S. The van der Waals surface area contributed by atoms with Gasteiger partial charge in [0, 0.05) is 17.8 Å². The van der Waals surface area contributed by atoms with Crippen LogP contribution in [0.4, 0.5) is 11.4 Å². The molecule has 0 spiro atoms. The second-order valence-corrected chi connectivity index (χ2v) is 7.61. The summed E-state index contributed by atoms with van der Waals surface area (Å²) in [5.74, 6) is -0.285. The summed E-state index contributed by atoms with van der Waals surface area (Å²) in [4.78, 5) is 21.7. The Morgan fingerprint density at radius 2 is 1.85 bits per heavy atom. The minimum absolute atomic E-state index is 0.208. The van der Waals surface area contributed by atoms with Gasteiger partial charge in [-0.25, -0.2) is 13.2 Å². The monoisotopic (exact) mass is 378 g/mol.